The zero-order chi connectivity index (χ0) is 20.9. The van der Waals surface area contributed by atoms with Crippen molar-refractivity contribution in [3.8, 4) is 11.8 Å². The zero-order valence-electron chi connectivity index (χ0n) is 17.6. The van der Waals surface area contributed by atoms with Crippen LogP contribution in [0.25, 0.3) is 0 Å². The van der Waals surface area contributed by atoms with Gasteiger partial charge in [0.1, 0.15) is 12.4 Å². The van der Waals surface area contributed by atoms with Crippen LogP contribution >= 0.6 is 0 Å². The Kier molecular flexibility index (Phi) is 6.51. The van der Waals surface area contributed by atoms with E-state index in [1.54, 1.807) is 6.07 Å². The molecule has 0 radical (unpaired) electrons. The van der Waals surface area contributed by atoms with Gasteiger partial charge in [0.2, 0.25) is 0 Å². The third-order valence-corrected chi connectivity index (χ3v) is 5.69. The standard InChI is InChI=1S/C24H29N3O3/c1-17(2)27-15-20(25-24(28)22-14-23(30-26-22)19-10-11-19)13-21(27)16-29-12-6-9-18-7-4-3-5-8-18/h3-5,7-8,14,17,19-21H,10-13,15-16H2,1-2H3,(H,25,28)/t20-,21+/m1/s1. The topological polar surface area (TPSA) is 67.6 Å². The number of aromatic nitrogens is 1. The van der Waals surface area contributed by atoms with Crippen molar-refractivity contribution >= 4 is 5.91 Å². The van der Waals surface area contributed by atoms with E-state index in [2.05, 4.69) is 41.1 Å². The van der Waals surface area contributed by atoms with Gasteiger partial charge in [-0.1, -0.05) is 35.2 Å². The molecule has 2 aliphatic rings. The Morgan fingerprint density at radius 3 is 2.87 bits per heavy atom. The van der Waals surface area contributed by atoms with E-state index in [-0.39, 0.29) is 18.0 Å². The minimum absolute atomic E-state index is 0.0741. The van der Waals surface area contributed by atoms with Crippen molar-refractivity contribution in [2.45, 2.75) is 57.2 Å². The molecule has 4 rings (SSSR count). The molecule has 0 bridgehead atoms. The second-order valence-electron chi connectivity index (χ2n) is 8.42. The fourth-order valence-electron chi connectivity index (χ4n) is 3.96. The molecule has 6 heteroatoms. The highest BCUT2D eigenvalue weighted by molar-refractivity contribution is 5.92. The van der Waals surface area contributed by atoms with E-state index in [1.807, 2.05) is 30.3 Å². The largest absolute Gasteiger partial charge is 0.367 e. The molecule has 2 fully saturated rings. The quantitative estimate of drug-likeness (QED) is 0.564. The summed E-state index contributed by atoms with van der Waals surface area (Å²) in [6.45, 7) is 6.15. The Labute approximate surface area is 178 Å². The predicted molar refractivity (Wildman–Crippen MR) is 114 cm³/mol. The van der Waals surface area contributed by atoms with Gasteiger partial charge in [-0.3, -0.25) is 9.69 Å². The van der Waals surface area contributed by atoms with Gasteiger partial charge in [0.05, 0.1) is 6.61 Å². The van der Waals surface area contributed by atoms with Crippen molar-refractivity contribution < 1.29 is 14.1 Å². The van der Waals surface area contributed by atoms with Gasteiger partial charge in [0, 0.05) is 42.2 Å². The molecule has 1 N–H and O–H groups in total. The lowest BCUT2D eigenvalue weighted by molar-refractivity contribution is 0.0829. The summed E-state index contributed by atoms with van der Waals surface area (Å²) in [4.78, 5) is 15.0. The second kappa shape index (κ2) is 9.46. The number of ether oxygens (including phenoxy) is 1. The minimum atomic E-state index is -0.158. The highest BCUT2D eigenvalue weighted by atomic mass is 16.5. The maximum atomic E-state index is 12.6. The summed E-state index contributed by atoms with van der Waals surface area (Å²) in [5.41, 5.74) is 1.37. The molecule has 2 atom stereocenters. The second-order valence-corrected chi connectivity index (χ2v) is 8.42. The van der Waals surface area contributed by atoms with Gasteiger partial charge in [-0.15, -0.1) is 0 Å². The summed E-state index contributed by atoms with van der Waals surface area (Å²) in [6, 6.07) is 12.4. The number of benzene rings is 1. The zero-order valence-corrected chi connectivity index (χ0v) is 17.6. The highest BCUT2D eigenvalue weighted by Gasteiger charge is 2.35. The van der Waals surface area contributed by atoms with Crippen LogP contribution in [0.5, 0.6) is 0 Å². The van der Waals surface area contributed by atoms with Crippen LogP contribution in [0.2, 0.25) is 0 Å². The third-order valence-electron chi connectivity index (χ3n) is 5.69. The summed E-state index contributed by atoms with van der Waals surface area (Å²) in [5, 5.41) is 7.07. The highest BCUT2D eigenvalue weighted by Crippen LogP contribution is 2.40. The van der Waals surface area contributed by atoms with E-state index in [0.717, 1.165) is 37.1 Å². The lowest BCUT2D eigenvalue weighted by atomic mass is 10.1. The first-order chi connectivity index (χ1) is 14.6. The Hall–Kier alpha value is -2.62. The molecule has 2 aromatic rings. The van der Waals surface area contributed by atoms with Crippen molar-refractivity contribution in [1.29, 1.82) is 0 Å². The number of amides is 1. The first-order valence-electron chi connectivity index (χ1n) is 10.7. The average Bonchev–Trinajstić information content (AvgIpc) is 3.32. The number of carbonyl (C=O) groups excluding carboxylic acids is 1. The monoisotopic (exact) mass is 407 g/mol. The van der Waals surface area contributed by atoms with E-state index in [0.29, 0.717) is 30.9 Å². The van der Waals surface area contributed by atoms with Gasteiger partial charge in [-0.2, -0.15) is 0 Å². The normalized spacial score (nSPS) is 21.4. The predicted octanol–water partition coefficient (Wildman–Crippen LogP) is 3.20. The Morgan fingerprint density at radius 1 is 1.33 bits per heavy atom. The Bertz CT molecular complexity index is 909. The number of likely N-dealkylation sites (tertiary alicyclic amines) is 1. The number of carbonyl (C=O) groups is 1. The van der Waals surface area contributed by atoms with Crippen LogP contribution in [0.3, 0.4) is 0 Å². The molecule has 1 amide bonds. The number of hydrogen-bond acceptors (Lipinski definition) is 5. The fourth-order valence-corrected chi connectivity index (χ4v) is 3.96. The Balaban J connectivity index is 1.27. The number of hydrogen-bond donors (Lipinski definition) is 1. The summed E-state index contributed by atoms with van der Waals surface area (Å²) >= 11 is 0. The SMILES string of the molecule is CC(C)N1C[C@H](NC(=O)c2cc(C3CC3)on2)C[C@H]1COCC#Cc1ccccc1. The van der Waals surface area contributed by atoms with E-state index in [1.165, 1.54) is 0 Å². The van der Waals surface area contributed by atoms with Crippen molar-refractivity contribution in [2.24, 2.45) is 0 Å². The van der Waals surface area contributed by atoms with Gasteiger partial charge in [0.15, 0.2) is 5.69 Å². The molecule has 1 saturated heterocycles. The molecular weight excluding hydrogens is 378 g/mol. The first-order valence-corrected chi connectivity index (χ1v) is 10.7. The van der Waals surface area contributed by atoms with Gasteiger partial charge in [-0.25, -0.2) is 0 Å². The summed E-state index contributed by atoms with van der Waals surface area (Å²) in [7, 11) is 0. The molecule has 2 heterocycles. The molecule has 1 aliphatic carbocycles. The Morgan fingerprint density at radius 2 is 2.13 bits per heavy atom. The van der Waals surface area contributed by atoms with Gasteiger partial charge < -0.3 is 14.6 Å². The lowest BCUT2D eigenvalue weighted by Crippen LogP contribution is -2.40. The molecular formula is C24H29N3O3. The van der Waals surface area contributed by atoms with Crippen LogP contribution in [0.15, 0.2) is 40.9 Å². The van der Waals surface area contributed by atoms with Gasteiger partial charge in [-0.05, 0) is 45.2 Å². The van der Waals surface area contributed by atoms with Crippen LogP contribution in [0.1, 0.15) is 60.8 Å². The summed E-state index contributed by atoms with van der Waals surface area (Å²) in [5.74, 6) is 7.31. The molecule has 30 heavy (non-hydrogen) atoms. The molecule has 0 spiro atoms. The smallest absolute Gasteiger partial charge is 0.273 e. The van der Waals surface area contributed by atoms with Crippen LogP contribution in [-0.4, -0.2) is 53.8 Å². The van der Waals surface area contributed by atoms with E-state index in [9.17, 15) is 4.79 Å². The molecule has 1 aromatic heterocycles. The lowest BCUT2D eigenvalue weighted by Gasteiger charge is -2.27. The van der Waals surface area contributed by atoms with Crippen molar-refractivity contribution in [3.63, 3.8) is 0 Å². The van der Waals surface area contributed by atoms with Gasteiger partial charge in [0.25, 0.3) is 5.91 Å². The van der Waals surface area contributed by atoms with Crippen LogP contribution < -0.4 is 5.32 Å². The van der Waals surface area contributed by atoms with Crippen LogP contribution in [0, 0.1) is 11.8 Å². The van der Waals surface area contributed by atoms with Crippen LogP contribution in [-0.2, 0) is 4.74 Å². The maximum Gasteiger partial charge on any atom is 0.273 e. The molecule has 1 aliphatic heterocycles. The van der Waals surface area contributed by atoms with Crippen molar-refractivity contribution in [3.05, 3.63) is 53.4 Å². The average molecular weight is 408 g/mol. The number of rotatable bonds is 7. The maximum absolute atomic E-state index is 12.6. The minimum Gasteiger partial charge on any atom is -0.367 e. The molecule has 1 saturated carbocycles. The molecule has 158 valence electrons. The van der Waals surface area contributed by atoms with E-state index in [4.69, 9.17) is 9.26 Å². The van der Waals surface area contributed by atoms with Gasteiger partial charge >= 0.3 is 0 Å². The third kappa shape index (κ3) is 5.29. The van der Waals surface area contributed by atoms with E-state index < -0.39 is 0 Å². The number of nitrogens with one attached hydrogen (secondary N) is 1. The number of nitrogens with zero attached hydrogens (tertiary/aromatic N) is 2. The molecule has 1 aromatic carbocycles. The summed E-state index contributed by atoms with van der Waals surface area (Å²) < 4.78 is 11.1. The first kappa shape index (κ1) is 20.6. The van der Waals surface area contributed by atoms with E-state index >= 15 is 0 Å². The van der Waals surface area contributed by atoms with Crippen LogP contribution in [0.4, 0.5) is 0 Å². The molecule has 0 unspecified atom stereocenters. The van der Waals surface area contributed by atoms with Crippen molar-refractivity contribution in [2.75, 3.05) is 19.8 Å². The van der Waals surface area contributed by atoms with Crippen molar-refractivity contribution in [1.82, 2.24) is 15.4 Å². The summed E-state index contributed by atoms with van der Waals surface area (Å²) in [6.07, 6.45) is 3.10. The molecule has 6 nitrogen and oxygen atoms in total. The fraction of sp³-hybridized carbons (Fsp3) is 0.500.